The molecule has 4 heteroatoms. The fourth-order valence-electron chi connectivity index (χ4n) is 2.88. The molecule has 1 aromatic carbocycles. The van der Waals surface area contributed by atoms with Gasteiger partial charge in [0.2, 0.25) is 0 Å². The molecule has 2 rings (SSSR count). The Hall–Kier alpha value is -1.00. The summed E-state index contributed by atoms with van der Waals surface area (Å²) >= 11 is 0. The van der Waals surface area contributed by atoms with Crippen LogP contribution >= 0.6 is 0 Å². The van der Waals surface area contributed by atoms with Crippen LogP contribution in [0.5, 0.6) is 0 Å². The summed E-state index contributed by atoms with van der Waals surface area (Å²) in [5.41, 5.74) is 0.825. The lowest BCUT2D eigenvalue weighted by Crippen LogP contribution is -2.34. The Morgan fingerprint density at radius 2 is 2.00 bits per heavy atom. The lowest BCUT2D eigenvalue weighted by atomic mass is 9.77. The molecule has 0 radical (unpaired) electrons. The van der Waals surface area contributed by atoms with Gasteiger partial charge in [-0.2, -0.15) is 0 Å². The van der Waals surface area contributed by atoms with Gasteiger partial charge in [-0.1, -0.05) is 13.0 Å². The van der Waals surface area contributed by atoms with E-state index < -0.39 is 11.6 Å². The third-order valence-corrected chi connectivity index (χ3v) is 3.96. The van der Waals surface area contributed by atoms with Gasteiger partial charge in [0.15, 0.2) is 11.6 Å². The molecule has 0 bridgehead atoms. The summed E-state index contributed by atoms with van der Waals surface area (Å²) < 4.78 is 31.9. The Balaban J connectivity index is 1.95. The molecule has 0 spiro atoms. The number of benzene rings is 1. The highest BCUT2D eigenvalue weighted by atomic mass is 19.2. The van der Waals surface area contributed by atoms with Crippen LogP contribution in [0.4, 0.5) is 8.78 Å². The van der Waals surface area contributed by atoms with Crippen molar-refractivity contribution >= 4 is 0 Å². The van der Waals surface area contributed by atoms with Crippen LogP contribution in [0.1, 0.15) is 44.7 Å². The summed E-state index contributed by atoms with van der Waals surface area (Å²) in [6.07, 6.45) is 3.47. The van der Waals surface area contributed by atoms with Crippen molar-refractivity contribution in [2.45, 2.75) is 45.3 Å². The van der Waals surface area contributed by atoms with Crippen LogP contribution in [-0.4, -0.2) is 19.3 Å². The minimum Gasteiger partial charge on any atom is -0.378 e. The molecular weight excluding hydrogens is 260 g/mol. The third kappa shape index (κ3) is 3.76. The van der Waals surface area contributed by atoms with Gasteiger partial charge in [-0.25, -0.2) is 8.78 Å². The predicted octanol–water partition coefficient (Wildman–Crippen LogP) is 3.82. The van der Waals surface area contributed by atoms with E-state index in [1.807, 2.05) is 13.8 Å². The zero-order valence-electron chi connectivity index (χ0n) is 12.2. The van der Waals surface area contributed by atoms with Crippen LogP contribution in [0.25, 0.3) is 0 Å². The van der Waals surface area contributed by atoms with Crippen molar-refractivity contribution in [1.29, 1.82) is 0 Å². The molecule has 1 aliphatic carbocycles. The number of hydrogen-bond donors (Lipinski definition) is 1. The molecule has 1 N–H and O–H groups in total. The van der Waals surface area contributed by atoms with Crippen molar-refractivity contribution in [1.82, 2.24) is 5.32 Å². The normalized spacial score (nSPS) is 23.4. The van der Waals surface area contributed by atoms with Crippen LogP contribution in [0, 0.1) is 17.6 Å². The topological polar surface area (TPSA) is 21.3 Å². The van der Waals surface area contributed by atoms with Crippen LogP contribution in [0.3, 0.4) is 0 Å². The SMILES string of the molecule is CCNC(CC1CC(OCC)C1)c1ccc(F)c(F)c1. The van der Waals surface area contributed by atoms with Crippen molar-refractivity contribution in [2.24, 2.45) is 5.92 Å². The molecule has 1 aromatic rings. The molecule has 0 aliphatic heterocycles. The second-order valence-electron chi connectivity index (χ2n) is 5.43. The second kappa shape index (κ2) is 7.14. The van der Waals surface area contributed by atoms with E-state index in [1.54, 1.807) is 6.07 Å². The van der Waals surface area contributed by atoms with Gasteiger partial charge in [-0.15, -0.1) is 0 Å². The monoisotopic (exact) mass is 283 g/mol. The molecule has 1 atom stereocenters. The minimum atomic E-state index is -0.788. The van der Waals surface area contributed by atoms with Gasteiger partial charge in [0.1, 0.15) is 0 Å². The molecule has 0 amide bonds. The second-order valence-corrected chi connectivity index (χ2v) is 5.43. The van der Waals surface area contributed by atoms with E-state index in [-0.39, 0.29) is 6.04 Å². The van der Waals surface area contributed by atoms with E-state index in [0.717, 1.165) is 38.0 Å². The molecule has 20 heavy (non-hydrogen) atoms. The molecule has 112 valence electrons. The first-order chi connectivity index (χ1) is 9.63. The highest BCUT2D eigenvalue weighted by Gasteiger charge is 2.31. The maximum Gasteiger partial charge on any atom is 0.159 e. The molecule has 1 unspecified atom stereocenters. The summed E-state index contributed by atoms with van der Waals surface area (Å²) in [5, 5.41) is 3.36. The van der Waals surface area contributed by atoms with Crippen LogP contribution in [-0.2, 0) is 4.74 Å². The van der Waals surface area contributed by atoms with Gasteiger partial charge >= 0.3 is 0 Å². The summed E-state index contributed by atoms with van der Waals surface area (Å²) in [6.45, 7) is 5.61. The first kappa shape index (κ1) is 15.4. The van der Waals surface area contributed by atoms with Gasteiger partial charge in [-0.3, -0.25) is 0 Å². The number of hydrogen-bond acceptors (Lipinski definition) is 2. The van der Waals surface area contributed by atoms with Crippen LogP contribution in [0.2, 0.25) is 0 Å². The molecular formula is C16H23F2NO. The first-order valence-electron chi connectivity index (χ1n) is 7.43. The molecule has 2 nitrogen and oxygen atoms in total. The molecule has 0 aromatic heterocycles. The lowest BCUT2D eigenvalue weighted by molar-refractivity contribution is -0.0291. The average molecular weight is 283 g/mol. The Bertz CT molecular complexity index is 432. The van der Waals surface area contributed by atoms with Crippen molar-refractivity contribution in [3.8, 4) is 0 Å². The predicted molar refractivity (Wildman–Crippen MR) is 75.5 cm³/mol. The van der Waals surface area contributed by atoms with E-state index in [1.165, 1.54) is 12.1 Å². The number of halogens is 2. The van der Waals surface area contributed by atoms with E-state index in [0.29, 0.717) is 12.0 Å². The van der Waals surface area contributed by atoms with Crippen LogP contribution < -0.4 is 5.32 Å². The molecule has 1 fully saturated rings. The Labute approximate surface area is 119 Å². The summed E-state index contributed by atoms with van der Waals surface area (Å²) in [7, 11) is 0. The fraction of sp³-hybridized carbons (Fsp3) is 0.625. The van der Waals surface area contributed by atoms with Crippen LogP contribution in [0.15, 0.2) is 18.2 Å². The van der Waals surface area contributed by atoms with E-state index in [9.17, 15) is 8.78 Å². The van der Waals surface area contributed by atoms with Gasteiger partial charge < -0.3 is 10.1 Å². The first-order valence-corrected chi connectivity index (χ1v) is 7.43. The van der Waals surface area contributed by atoms with Crippen molar-refractivity contribution in [2.75, 3.05) is 13.2 Å². The Kier molecular flexibility index (Phi) is 5.49. The Morgan fingerprint density at radius 1 is 1.25 bits per heavy atom. The summed E-state index contributed by atoms with van der Waals surface area (Å²) in [6, 6.07) is 4.27. The highest BCUT2D eigenvalue weighted by molar-refractivity contribution is 5.21. The van der Waals surface area contributed by atoms with Crippen molar-refractivity contribution in [3.63, 3.8) is 0 Å². The molecule has 1 aliphatic rings. The van der Waals surface area contributed by atoms with Gasteiger partial charge in [0, 0.05) is 12.6 Å². The van der Waals surface area contributed by atoms with Crippen molar-refractivity contribution < 1.29 is 13.5 Å². The molecule has 0 heterocycles. The van der Waals surface area contributed by atoms with Gasteiger partial charge in [0.05, 0.1) is 6.10 Å². The fourth-order valence-corrected chi connectivity index (χ4v) is 2.88. The maximum absolute atomic E-state index is 13.4. The smallest absolute Gasteiger partial charge is 0.159 e. The number of nitrogens with one attached hydrogen (secondary N) is 1. The van der Waals surface area contributed by atoms with E-state index >= 15 is 0 Å². The quantitative estimate of drug-likeness (QED) is 0.821. The number of ether oxygens (including phenoxy) is 1. The highest BCUT2D eigenvalue weighted by Crippen LogP contribution is 2.37. The van der Waals surface area contributed by atoms with E-state index in [4.69, 9.17) is 4.74 Å². The van der Waals surface area contributed by atoms with Gasteiger partial charge in [-0.05, 0) is 56.3 Å². The summed E-state index contributed by atoms with van der Waals surface area (Å²) in [5.74, 6) is -0.959. The molecule has 0 saturated heterocycles. The lowest BCUT2D eigenvalue weighted by Gasteiger charge is -2.37. The van der Waals surface area contributed by atoms with E-state index in [2.05, 4.69) is 5.32 Å². The minimum absolute atomic E-state index is 0.0858. The third-order valence-electron chi connectivity index (χ3n) is 3.96. The van der Waals surface area contributed by atoms with Crippen molar-refractivity contribution in [3.05, 3.63) is 35.4 Å². The number of rotatable bonds is 7. The summed E-state index contributed by atoms with van der Waals surface area (Å²) in [4.78, 5) is 0. The standard InChI is InChI=1S/C16H23F2NO/c1-3-19-16(9-11-7-13(8-11)20-4-2)12-5-6-14(17)15(18)10-12/h5-6,10-11,13,16,19H,3-4,7-9H2,1-2H3. The molecule has 1 saturated carbocycles. The zero-order valence-corrected chi connectivity index (χ0v) is 12.2. The largest absolute Gasteiger partial charge is 0.378 e. The Morgan fingerprint density at radius 3 is 2.60 bits per heavy atom. The van der Waals surface area contributed by atoms with Gasteiger partial charge in [0.25, 0.3) is 0 Å². The average Bonchev–Trinajstić information content (AvgIpc) is 2.38. The maximum atomic E-state index is 13.4. The zero-order chi connectivity index (χ0) is 14.5.